The summed E-state index contributed by atoms with van der Waals surface area (Å²) in [6.45, 7) is 10.3. The van der Waals surface area contributed by atoms with E-state index in [-0.39, 0.29) is 25.5 Å². The number of fused-ring (bicyclic) bond motifs is 1. The lowest BCUT2D eigenvalue weighted by Crippen LogP contribution is -2.32. The Morgan fingerprint density at radius 1 is 1.02 bits per heavy atom. The molecule has 0 aliphatic rings. The molecule has 0 aliphatic carbocycles. The van der Waals surface area contributed by atoms with Gasteiger partial charge >= 0.3 is 12.1 Å². The van der Waals surface area contributed by atoms with Crippen molar-refractivity contribution in [3.05, 3.63) is 82.9 Å². The van der Waals surface area contributed by atoms with Gasteiger partial charge in [-0.15, -0.1) is 0 Å². The number of aromatic nitrogens is 1. The molecule has 0 unspecified atom stereocenters. The number of methoxy groups -OCH3 is 1. The first-order valence-electron chi connectivity index (χ1n) is 13.9. The highest BCUT2D eigenvalue weighted by Crippen LogP contribution is 2.34. The molecule has 222 valence electrons. The van der Waals surface area contributed by atoms with Crippen molar-refractivity contribution in [3.8, 4) is 16.9 Å². The molecule has 42 heavy (non-hydrogen) atoms. The molecule has 0 saturated carbocycles. The van der Waals surface area contributed by atoms with E-state index in [9.17, 15) is 9.59 Å². The van der Waals surface area contributed by atoms with Crippen LogP contribution >= 0.6 is 0 Å². The standard InChI is InChI=1S/C33H38N2O7/c1-7-39-30(36)17-24-9-8-21(2)12-29(24)40-19-22-13-25-16-27(20-38-6)41-31(25)28(14-22)23-10-11-34-26(15-23)18-35-32(37)42-33(3,4)5/h8-16H,7,17-20H2,1-6H3,(H,35,37). The van der Waals surface area contributed by atoms with Gasteiger partial charge in [-0.05, 0) is 87.7 Å². The van der Waals surface area contributed by atoms with Gasteiger partial charge < -0.3 is 28.7 Å². The van der Waals surface area contributed by atoms with Gasteiger partial charge in [-0.25, -0.2) is 4.79 Å². The summed E-state index contributed by atoms with van der Waals surface area (Å²) in [5, 5.41) is 3.66. The van der Waals surface area contributed by atoms with Gasteiger partial charge in [0.1, 0.15) is 35.9 Å². The van der Waals surface area contributed by atoms with E-state index in [1.54, 1.807) is 20.2 Å². The molecule has 0 atom stereocenters. The van der Waals surface area contributed by atoms with Gasteiger partial charge in [-0.1, -0.05) is 12.1 Å². The van der Waals surface area contributed by atoms with E-state index < -0.39 is 11.7 Å². The first-order valence-corrected chi connectivity index (χ1v) is 13.9. The number of furan rings is 1. The number of esters is 1. The lowest BCUT2D eigenvalue weighted by Gasteiger charge is -2.19. The second-order valence-corrected chi connectivity index (χ2v) is 11.0. The van der Waals surface area contributed by atoms with E-state index in [2.05, 4.69) is 10.3 Å². The molecule has 2 heterocycles. The van der Waals surface area contributed by atoms with Crippen molar-refractivity contribution in [3.63, 3.8) is 0 Å². The Morgan fingerprint density at radius 3 is 2.57 bits per heavy atom. The molecular weight excluding hydrogens is 536 g/mol. The smallest absolute Gasteiger partial charge is 0.407 e. The first kappa shape index (κ1) is 30.6. The summed E-state index contributed by atoms with van der Waals surface area (Å²) >= 11 is 0. The molecule has 9 nitrogen and oxygen atoms in total. The highest BCUT2D eigenvalue weighted by atomic mass is 16.6. The van der Waals surface area contributed by atoms with E-state index in [1.165, 1.54) is 0 Å². The molecule has 1 amide bonds. The fourth-order valence-corrected chi connectivity index (χ4v) is 4.47. The monoisotopic (exact) mass is 574 g/mol. The molecule has 2 aromatic carbocycles. The van der Waals surface area contributed by atoms with Crippen LogP contribution in [0.2, 0.25) is 0 Å². The first-order chi connectivity index (χ1) is 20.0. The third-order valence-electron chi connectivity index (χ3n) is 6.21. The number of alkyl carbamates (subject to hydrolysis) is 1. The normalized spacial score (nSPS) is 11.4. The Kier molecular flexibility index (Phi) is 9.85. The number of hydrogen-bond donors (Lipinski definition) is 1. The van der Waals surface area contributed by atoms with Crippen LogP contribution in [0.5, 0.6) is 5.75 Å². The number of ether oxygens (including phenoxy) is 4. The van der Waals surface area contributed by atoms with Crippen molar-refractivity contribution in [2.75, 3.05) is 13.7 Å². The molecule has 4 rings (SSSR count). The molecule has 4 aromatic rings. The second kappa shape index (κ2) is 13.5. The zero-order chi connectivity index (χ0) is 30.3. The lowest BCUT2D eigenvalue weighted by molar-refractivity contribution is -0.142. The van der Waals surface area contributed by atoms with E-state index in [4.69, 9.17) is 23.4 Å². The Balaban J connectivity index is 1.63. The van der Waals surface area contributed by atoms with Crippen molar-refractivity contribution < 1.29 is 33.0 Å². The molecule has 0 spiro atoms. The summed E-state index contributed by atoms with van der Waals surface area (Å²) in [4.78, 5) is 28.8. The molecule has 9 heteroatoms. The number of rotatable bonds is 11. The van der Waals surface area contributed by atoms with Gasteiger partial charge in [0.15, 0.2) is 0 Å². The molecule has 0 radical (unpaired) electrons. The number of hydrogen-bond acceptors (Lipinski definition) is 8. The Bertz CT molecular complexity index is 1550. The Labute approximate surface area is 246 Å². The highest BCUT2D eigenvalue weighted by Gasteiger charge is 2.17. The Hall–Kier alpha value is -4.37. The van der Waals surface area contributed by atoms with Gasteiger partial charge in [0, 0.05) is 29.8 Å². The summed E-state index contributed by atoms with van der Waals surface area (Å²) in [6.07, 6.45) is 1.32. The van der Waals surface area contributed by atoms with Crippen LogP contribution < -0.4 is 10.1 Å². The molecular formula is C33H38N2O7. The largest absolute Gasteiger partial charge is 0.489 e. The number of pyridine rings is 1. The second-order valence-electron chi connectivity index (χ2n) is 11.0. The van der Waals surface area contributed by atoms with Crippen LogP contribution in [0.1, 0.15) is 55.8 Å². The maximum atomic E-state index is 12.2. The summed E-state index contributed by atoms with van der Waals surface area (Å²) in [5.41, 5.74) is 5.21. The maximum absolute atomic E-state index is 12.2. The van der Waals surface area contributed by atoms with Crippen LogP contribution in [0.25, 0.3) is 22.1 Å². The number of aryl methyl sites for hydroxylation is 1. The van der Waals surface area contributed by atoms with E-state index in [1.807, 2.05) is 76.2 Å². The zero-order valence-electron chi connectivity index (χ0n) is 25.0. The number of carbonyl (C=O) groups excluding carboxylic acids is 2. The Morgan fingerprint density at radius 2 is 1.83 bits per heavy atom. The molecule has 2 aromatic heterocycles. The summed E-state index contributed by atoms with van der Waals surface area (Å²) in [6, 6.07) is 15.6. The fraction of sp³-hybridized carbons (Fsp3) is 0.364. The van der Waals surface area contributed by atoms with E-state index >= 15 is 0 Å². The van der Waals surface area contributed by atoms with Crippen molar-refractivity contribution in [1.82, 2.24) is 10.3 Å². The summed E-state index contributed by atoms with van der Waals surface area (Å²) in [7, 11) is 1.62. The molecule has 1 N–H and O–H groups in total. The molecule has 0 bridgehead atoms. The predicted octanol–water partition coefficient (Wildman–Crippen LogP) is 6.66. The zero-order valence-corrected chi connectivity index (χ0v) is 25.0. The van der Waals surface area contributed by atoms with Crippen LogP contribution in [-0.2, 0) is 45.2 Å². The van der Waals surface area contributed by atoms with Gasteiger partial charge in [0.25, 0.3) is 0 Å². The van der Waals surface area contributed by atoms with Gasteiger partial charge in [-0.2, -0.15) is 0 Å². The minimum atomic E-state index is -0.593. The summed E-state index contributed by atoms with van der Waals surface area (Å²) < 4.78 is 28.2. The number of amides is 1. The highest BCUT2D eigenvalue weighted by molar-refractivity contribution is 5.93. The average Bonchev–Trinajstić information content (AvgIpc) is 3.33. The number of nitrogens with zero attached hydrogens (tertiary/aromatic N) is 1. The van der Waals surface area contributed by atoms with Crippen molar-refractivity contribution in [2.45, 2.75) is 66.4 Å². The SMILES string of the molecule is CCOC(=O)Cc1ccc(C)cc1OCc1cc(-c2ccnc(CNC(=O)OC(C)(C)C)c2)c2oc(COC)cc2c1. The van der Waals surface area contributed by atoms with Crippen molar-refractivity contribution >= 4 is 23.0 Å². The third-order valence-corrected chi connectivity index (χ3v) is 6.21. The maximum Gasteiger partial charge on any atom is 0.407 e. The minimum Gasteiger partial charge on any atom is -0.489 e. The van der Waals surface area contributed by atoms with Crippen LogP contribution in [-0.4, -0.2) is 36.4 Å². The van der Waals surface area contributed by atoms with Crippen LogP contribution in [0.15, 0.2) is 59.1 Å². The van der Waals surface area contributed by atoms with Crippen LogP contribution in [0.4, 0.5) is 4.79 Å². The predicted molar refractivity (Wildman–Crippen MR) is 159 cm³/mol. The number of benzene rings is 2. The van der Waals surface area contributed by atoms with Crippen molar-refractivity contribution in [1.29, 1.82) is 0 Å². The van der Waals surface area contributed by atoms with Crippen LogP contribution in [0, 0.1) is 6.92 Å². The third kappa shape index (κ3) is 8.33. The van der Waals surface area contributed by atoms with Crippen LogP contribution in [0.3, 0.4) is 0 Å². The number of carbonyl (C=O) groups is 2. The molecule has 0 aliphatic heterocycles. The molecule has 0 saturated heterocycles. The topological polar surface area (TPSA) is 109 Å². The molecule has 0 fully saturated rings. The number of nitrogens with one attached hydrogen (secondary N) is 1. The van der Waals surface area contributed by atoms with Gasteiger partial charge in [-0.3, -0.25) is 9.78 Å². The lowest BCUT2D eigenvalue weighted by atomic mass is 10.0. The summed E-state index contributed by atoms with van der Waals surface area (Å²) in [5.74, 6) is 1.04. The van der Waals surface area contributed by atoms with E-state index in [0.717, 1.165) is 33.2 Å². The van der Waals surface area contributed by atoms with E-state index in [0.29, 0.717) is 36.0 Å². The van der Waals surface area contributed by atoms with Gasteiger partial charge in [0.2, 0.25) is 0 Å². The average molecular weight is 575 g/mol. The quantitative estimate of drug-likeness (QED) is 0.198. The fourth-order valence-electron chi connectivity index (χ4n) is 4.47. The van der Waals surface area contributed by atoms with Crippen molar-refractivity contribution in [2.24, 2.45) is 0 Å². The minimum absolute atomic E-state index is 0.132. The van der Waals surface area contributed by atoms with Gasteiger partial charge in [0.05, 0.1) is 25.3 Å².